The average Bonchev–Trinajstić information content (AvgIpc) is 2.17. The van der Waals surface area contributed by atoms with Crippen molar-refractivity contribution in [3.8, 4) is 5.75 Å². The van der Waals surface area contributed by atoms with Gasteiger partial charge in [0, 0.05) is 0 Å². The first-order valence-corrected chi connectivity index (χ1v) is 8.28. The molecule has 0 aliphatic heterocycles. The van der Waals surface area contributed by atoms with Gasteiger partial charge >= 0.3 is 121 Å². The standard InChI is InChI=1S/C11H7NO.2Pb/c1-12-10-4-2-9-7-11(13)5-3-8(9)6-10;;/h2-7,13H;;. The number of phenolic OH excluding ortho intramolecular Hbond substituents is 1. The van der Waals surface area contributed by atoms with Gasteiger partial charge in [0.25, 0.3) is 0 Å². The van der Waals surface area contributed by atoms with E-state index in [0.29, 0.717) is 5.75 Å². The Morgan fingerprint density at radius 3 is 2.40 bits per heavy atom. The van der Waals surface area contributed by atoms with Crippen molar-refractivity contribution in [3.63, 3.8) is 0 Å². The van der Waals surface area contributed by atoms with Gasteiger partial charge in [0.1, 0.15) is 0 Å². The van der Waals surface area contributed by atoms with Crippen LogP contribution in [0.2, 0.25) is 0 Å². The molecule has 0 atom stereocenters. The van der Waals surface area contributed by atoms with Gasteiger partial charge in [-0.05, 0) is 0 Å². The minimum atomic E-state index is 0.310. The van der Waals surface area contributed by atoms with E-state index in [9.17, 15) is 5.11 Å². The second-order valence-corrected chi connectivity index (χ2v) is 14.4. The number of fused-ring (bicyclic) bond motifs is 1. The van der Waals surface area contributed by atoms with Crippen molar-refractivity contribution >= 4 is 68.8 Å². The average molecular weight is 584 g/mol. The van der Waals surface area contributed by atoms with Gasteiger partial charge in [-0.2, -0.15) is 0 Å². The maximum atomic E-state index is 9.33. The zero-order valence-electron chi connectivity index (χ0n) is 7.86. The molecule has 0 fully saturated rings. The molecule has 1 N–H and O–H groups in total. The topological polar surface area (TPSA) is 32.6 Å². The summed E-state index contributed by atoms with van der Waals surface area (Å²) in [6, 6.07) is 11.5. The van der Waals surface area contributed by atoms with Crippen molar-refractivity contribution in [3.05, 3.63) is 36.4 Å². The summed E-state index contributed by atoms with van der Waals surface area (Å²) in [5.74, 6) is 0.310. The second-order valence-electron chi connectivity index (χ2n) is 3.18. The van der Waals surface area contributed by atoms with Crippen molar-refractivity contribution in [2.24, 2.45) is 4.99 Å². The van der Waals surface area contributed by atoms with Gasteiger partial charge < -0.3 is 0 Å². The molecule has 0 unspecified atom stereocenters. The number of hydrogen-bond acceptors (Lipinski definition) is 2. The van der Waals surface area contributed by atoms with Gasteiger partial charge in [-0.1, -0.05) is 0 Å². The van der Waals surface area contributed by atoms with Crippen LogP contribution in [-0.4, -0.2) is 57.5 Å². The van der Waals surface area contributed by atoms with Crippen molar-refractivity contribution in [2.75, 3.05) is 0 Å². The van der Waals surface area contributed by atoms with Gasteiger partial charge in [-0.15, -0.1) is 0 Å². The van der Waals surface area contributed by atoms with Crippen LogP contribution < -0.4 is 0 Å². The van der Waals surface area contributed by atoms with E-state index in [0.717, 1.165) is 68.0 Å². The summed E-state index contributed by atoms with van der Waals surface area (Å²) in [6.07, 6.45) is 0. The first kappa shape index (κ1) is 11.5. The number of phenols is 1. The Kier molecular flexibility index (Phi) is 3.75. The van der Waals surface area contributed by atoms with E-state index >= 15 is 0 Å². The Balaban J connectivity index is 2.57. The normalized spacial score (nSPS) is 10.3. The second kappa shape index (κ2) is 4.90. The van der Waals surface area contributed by atoms with E-state index in [4.69, 9.17) is 0 Å². The zero-order valence-corrected chi connectivity index (χ0v) is 15.6. The Hall–Kier alpha value is 0.0142. The SMILES string of the molecule is Oc1ccc2cc(N=[C]([Pb])[Pb])ccc2c1. The third-order valence-corrected chi connectivity index (χ3v) is 2.92. The van der Waals surface area contributed by atoms with E-state index in [1.807, 2.05) is 18.2 Å². The van der Waals surface area contributed by atoms with E-state index in [-0.39, 0.29) is 0 Å². The van der Waals surface area contributed by atoms with Crippen LogP contribution >= 0.6 is 0 Å². The van der Waals surface area contributed by atoms with Crippen LogP contribution in [-0.2, 0) is 0 Å². The molecule has 0 bridgehead atoms. The predicted molar refractivity (Wildman–Crippen MR) is 64.2 cm³/mol. The predicted octanol–water partition coefficient (Wildman–Crippen LogP) is 1.87. The van der Waals surface area contributed by atoms with Crippen LogP contribution in [0.1, 0.15) is 0 Å². The summed E-state index contributed by atoms with van der Waals surface area (Å²) in [7, 11) is 0. The molecule has 0 aromatic heterocycles. The quantitative estimate of drug-likeness (QED) is 0.404. The first-order chi connectivity index (χ1) is 7.15. The molecule has 2 aromatic rings. The molecule has 2 nitrogen and oxygen atoms in total. The van der Waals surface area contributed by atoms with Crippen molar-refractivity contribution in [1.29, 1.82) is 0 Å². The molecule has 6 radical (unpaired) electrons. The first-order valence-electron chi connectivity index (χ1n) is 4.40. The van der Waals surface area contributed by atoms with E-state index in [2.05, 4.69) is 11.1 Å². The van der Waals surface area contributed by atoms with Gasteiger partial charge in [0.2, 0.25) is 0 Å². The summed E-state index contributed by atoms with van der Waals surface area (Å²) >= 11 is 2.11. The van der Waals surface area contributed by atoms with Crippen molar-refractivity contribution in [2.45, 2.75) is 0 Å². The molecule has 0 saturated carbocycles. The molecule has 0 aliphatic rings. The molecule has 0 spiro atoms. The Labute approximate surface area is 120 Å². The van der Waals surface area contributed by atoms with Gasteiger partial charge in [0.05, 0.1) is 0 Å². The molecule has 4 heteroatoms. The van der Waals surface area contributed by atoms with Crippen LogP contribution in [0, 0.1) is 0 Å². The summed E-state index contributed by atoms with van der Waals surface area (Å²) < 4.78 is 1.31. The summed E-state index contributed by atoms with van der Waals surface area (Å²) in [6.45, 7) is 0. The maximum absolute atomic E-state index is 9.33. The Bertz CT molecular complexity index is 533. The molecular formula is C11H7NOPb2. The summed E-state index contributed by atoms with van der Waals surface area (Å²) in [4.78, 5) is 4.51. The van der Waals surface area contributed by atoms with Crippen LogP contribution in [0.25, 0.3) is 10.8 Å². The van der Waals surface area contributed by atoms with E-state index < -0.39 is 0 Å². The van der Waals surface area contributed by atoms with Crippen molar-refractivity contribution in [1.82, 2.24) is 0 Å². The Morgan fingerprint density at radius 2 is 1.67 bits per heavy atom. The molecule has 15 heavy (non-hydrogen) atoms. The van der Waals surface area contributed by atoms with Crippen LogP contribution in [0.5, 0.6) is 5.75 Å². The fourth-order valence-electron chi connectivity index (χ4n) is 1.42. The molecule has 70 valence electrons. The number of benzene rings is 2. The van der Waals surface area contributed by atoms with Crippen LogP contribution in [0.3, 0.4) is 0 Å². The summed E-state index contributed by atoms with van der Waals surface area (Å²) in [5, 5.41) is 11.5. The van der Waals surface area contributed by atoms with Gasteiger partial charge in [-0.3, -0.25) is 0 Å². The summed E-state index contributed by atoms with van der Waals surface area (Å²) in [5.41, 5.74) is 1.02. The number of nitrogens with zero attached hydrogens (tertiary/aromatic N) is 1. The molecule has 0 aliphatic carbocycles. The van der Waals surface area contributed by atoms with E-state index in [1.165, 1.54) is 0.830 Å². The van der Waals surface area contributed by atoms with Crippen LogP contribution in [0.15, 0.2) is 41.4 Å². The molecule has 0 saturated heterocycles. The molecule has 2 aromatic carbocycles. The minimum absolute atomic E-state index is 0.310. The molecule has 0 heterocycles. The molecular weight excluding hydrogens is 577 g/mol. The number of aromatic hydroxyl groups is 1. The van der Waals surface area contributed by atoms with E-state index in [1.54, 1.807) is 12.1 Å². The van der Waals surface area contributed by atoms with Gasteiger partial charge in [-0.25, -0.2) is 0 Å². The number of rotatable bonds is 1. The fraction of sp³-hybridized carbons (Fsp3) is 0. The van der Waals surface area contributed by atoms with Gasteiger partial charge in [0.15, 0.2) is 0 Å². The monoisotopic (exact) mass is 585 g/mol. The third kappa shape index (κ3) is 2.99. The molecule has 0 amide bonds. The molecule has 2 rings (SSSR count). The third-order valence-electron chi connectivity index (χ3n) is 2.05. The number of aliphatic imine (C=N–C) groups is 1. The Morgan fingerprint density at radius 1 is 1.00 bits per heavy atom. The van der Waals surface area contributed by atoms with Crippen molar-refractivity contribution < 1.29 is 5.11 Å². The number of hydrogen-bond donors (Lipinski definition) is 1. The fourth-order valence-corrected chi connectivity index (χ4v) is 2.42. The zero-order chi connectivity index (χ0) is 10.8. The van der Waals surface area contributed by atoms with Crippen LogP contribution in [0.4, 0.5) is 5.69 Å².